The monoisotopic (exact) mass is 278 g/mol. The van der Waals surface area contributed by atoms with Crippen molar-refractivity contribution in [3.8, 4) is 6.07 Å². The van der Waals surface area contributed by atoms with Crippen LogP contribution >= 0.6 is 15.9 Å². The summed E-state index contributed by atoms with van der Waals surface area (Å²) in [5.41, 5.74) is 1.85. The molecular weight excluding hydrogens is 264 g/mol. The van der Waals surface area contributed by atoms with Crippen LogP contribution in [0.4, 0.5) is 5.69 Å². The van der Waals surface area contributed by atoms with Gasteiger partial charge in [-0.15, -0.1) is 0 Å². The van der Waals surface area contributed by atoms with Crippen LogP contribution in [0.15, 0.2) is 22.7 Å². The average Bonchev–Trinajstić information content (AvgIpc) is 2.28. The van der Waals surface area contributed by atoms with Gasteiger partial charge in [-0.25, -0.2) is 0 Å². The molecule has 1 fully saturated rings. The molecule has 0 amide bonds. The highest BCUT2D eigenvalue weighted by Crippen LogP contribution is 2.28. The van der Waals surface area contributed by atoms with E-state index < -0.39 is 0 Å². The quantitative estimate of drug-likeness (QED) is 0.786. The van der Waals surface area contributed by atoms with Crippen LogP contribution in [-0.4, -0.2) is 13.1 Å². The first kappa shape index (κ1) is 11.5. The molecule has 1 aliphatic rings. The molecule has 3 heteroatoms. The van der Waals surface area contributed by atoms with E-state index in [4.69, 9.17) is 5.26 Å². The third kappa shape index (κ3) is 2.38. The summed E-state index contributed by atoms with van der Waals surface area (Å²) < 4.78 is 0.970. The summed E-state index contributed by atoms with van der Waals surface area (Å²) in [6.07, 6.45) is 2.52. The Kier molecular flexibility index (Phi) is 3.50. The molecule has 1 aromatic carbocycles. The van der Waals surface area contributed by atoms with E-state index in [-0.39, 0.29) is 0 Å². The van der Waals surface area contributed by atoms with E-state index in [2.05, 4.69) is 33.8 Å². The average molecular weight is 279 g/mol. The number of hydrogen-bond donors (Lipinski definition) is 0. The fraction of sp³-hybridized carbons (Fsp3) is 0.462. The second-order valence-corrected chi connectivity index (χ2v) is 5.38. The number of rotatable bonds is 1. The molecule has 1 aromatic rings. The molecule has 2 nitrogen and oxygen atoms in total. The van der Waals surface area contributed by atoms with Gasteiger partial charge in [0, 0.05) is 17.6 Å². The molecule has 2 rings (SSSR count). The maximum Gasteiger partial charge on any atom is 0.101 e. The van der Waals surface area contributed by atoms with Crippen molar-refractivity contribution in [2.75, 3.05) is 18.0 Å². The van der Waals surface area contributed by atoms with Crippen molar-refractivity contribution >= 4 is 21.6 Å². The van der Waals surface area contributed by atoms with Gasteiger partial charge < -0.3 is 4.90 Å². The van der Waals surface area contributed by atoms with E-state index in [1.165, 1.54) is 12.8 Å². The van der Waals surface area contributed by atoms with Crippen LogP contribution in [0.5, 0.6) is 0 Å². The number of halogens is 1. The Bertz CT molecular complexity index is 422. The van der Waals surface area contributed by atoms with Crippen molar-refractivity contribution in [1.82, 2.24) is 0 Å². The molecule has 0 aromatic heterocycles. The Balaban J connectivity index is 2.29. The highest BCUT2D eigenvalue weighted by atomic mass is 79.9. The summed E-state index contributed by atoms with van der Waals surface area (Å²) in [6, 6.07) is 8.23. The minimum Gasteiger partial charge on any atom is -0.370 e. The molecule has 0 bridgehead atoms. The topological polar surface area (TPSA) is 27.0 Å². The SMILES string of the molecule is CC1CCCN(c2ccc(Br)cc2C#N)C1. The highest BCUT2D eigenvalue weighted by Gasteiger charge is 2.18. The molecule has 0 spiro atoms. The third-order valence-electron chi connectivity index (χ3n) is 3.08. The number of anilines is 1. The van der Waals surface area contributed by atoms with Crippen LogP contribution in [-0.2, 0) is 0 Å². The van der Waals surface area contributed by atoms with Crippen molar-refractivity contribution in [2.24, 2.45) is 5.92 Å². The van der Waals surface area contributed by atoms with Crippen LogP contribution in [0.3, 0.4) is 0 Å². The van der Waals surface area contributed by atoms with Crippen LogP contribution in [0.25, 0.3) is 0 Å². The largest absolute Gasteiger partial charge is 0.370 e. The molecular formula is C13H15BrN2. The first-order valence-corrected chi connectivity index (χ1v) is 6.44. The fourth-order valence-corrected chi connectivity index (χ4v) is 2.64. The van der Waals surface area contributed by atoms with Crippen LogP contribution in [0.1, 0.15) is 25.3 Å². The Labute approximate surface area is 105 Å². The van der Waals surface area contributed by atoms with Crippen molar-refractivity contribution < 1.29 is 0 Å². The number of hydrogen-bond acceptors (Lipinski definition) is 2. The fourth-order valence-electron chi connectivity index (χ4n) is 2.28. The molecule has 16 heavy (non-hydrogen) atoms. The molecule has 84 valence electrons. The Morgan fingerprint density at radius 1 is 1.50 bits per heavy atom. The number of nitrogens with zero attached hydrogens (tertiary/aromatic N) is 2. The van der Waals surface area contributed by atoms with E-state index in [1.54, 1.807) is 0 Å². The second-order valence-electron chi connectivity index (χ2n) is 4.47. The highest BCUT2D eigenvalue weighted by molar-refractivity contribution is 9.10. The van der Waals surface area contributed by atoms with E-state index in [0.29, 0.717) is 0 Å². The van der Waals surface area contributed by atoms with Gasteiger partial charge in [0.1, 0.15) is 6.07 Å². The Hall–Kier alpha value is -1.01. The smallest absolute Gasteiger partial charge is 0.101 e. The van der Waals surface area contributed by atoms with E-state index >= 15 is 0 Å². The lowest BCUT2D eigenvalue weighted by Crippen LogP contribution is -2.34. The van der Waals surface area contributed by atoms with Gasteiger partial charge in [-0.3, -0.25) is 0 Å². The number of piperidine rings is 1. The number of nitriles is 1. The van der Waals surface area contributed by atoms with Gasteiger partial charge in [-0.1, -0.05) is 22.9 Å². The molecule has 1 unspecified atom stereocenters. The van der Waals surface area contributed by atoms with Gasteiger partial charge in [0.05, 0.1) is 11.3 Å². The van der Waals surface area contributed by atoms with Gasteiger partial charge in [0.2, 0.25) is 0 Å². The van der Waals surface area contributed by atoms with Crippen molar-refractivity contribution in [3.05, 3.63) is 28.2 Å². The predicted molar refractivity (Wildman–Crippen MR) is 69.5 cm³/mol. The lowest BCUT2D eigenvalue weighted by Gasteiger charge is -2.33. The minimum atomic E-state index is 0.726. The van der Waals surface area contributed by atoms with Crippen LogP contribution < -0.4 is 4.90 Å². The van der Waals surface area contributed by atoms with Gasteiger partial charge >= 0.3 is 0 Å². The standard InChI is InChI=1S/C13H15BrN2/c1-10-3-2-6-16(9-10)13-5-4-12(14)7-11(13)8-15/h4-5,7,10H,2-3,6,9H2,1H3. The second kappa shape index (κ2) is 4.88. The molecule has 0 aliphatic carbocycles. The summed E-state index contributed by atoms with van der Waals surface area (Å²) in [5.74, 6) is 0.726. The lowest BCUT2D eigenvalue weighted by molar-refractivity contribution is 0.446. The van der Waals surface area contributed by atoms with Gasteiger partial charge in [0.25, 0.3) is 0 Å². The predicted octanol–water partition coefficient (Wildman–Crippen LogP) is 3.56. The van der Waals surface area contributed by atoms with Crippen LogP contribution in [0.2, 0.25) is 0 Å². The van der Waals surface area contributed by atoms with E-state index in [1.807, 2.05) is 18.2 Å². The maximum absolute atomic E-state index is 9.14. The Morgan fingerprint density at radius 3 is 3.00 bits per heavy atom. The Morgan fingerprint density at radius 2 is 2.31 bits per heavy atom. The molecule has 1 heterocycles. The molecule has 1 aliphatic heterocycles. The van der Waals surface area contributed by atoms with E-state index in [9.17, 15) is 0 Å². The van der Waals surface area contributed by atoms with Gasteiger partial charge in [0.15, 0.2) is 0 Å². The van der Waals surface area contributed by atoms with Crippen molar-refractivity contribution in [1.29, 1.82) is 5.26 Å². The normalized spacial score (nSPS) is 20.6. The minimum absolute atomic E-state index is 0.726. The molecule has 0 radical (unpaired) electrons. The summed E-state index contributed by atoms with van der Waals surface area (Å²) in [4.78, 5) is 2.33. The maximum atomic E-state index is 9.14. The third-order valence-corrected chi connectivity index (χ3v) is 3.57. The summed E-state index contributed by atoms with van der Waals surface area (Å²) in [7, 11) is 0. The summed E-state index contributed by atoms with van der Waals surface area (Å²) in [5, 5.41) is 9.14. The molecule has 0 N–H and O–H groups in total. The summed E-state index contributed by atoms with van der Waals surface area (Å²) >= 11 is 3.40. The zero-order valence-electron chi connectivity index (χ0n) is 9.41. The van der Waals surface area contributed by atoms with Gasteiger partial charge in [-0.2, -0.15) is 5.26 Å². The molecule has 0 saturated carbocycles. The first-order chi connectivity index (χ1) is 7.70. The van der Waals surface area contributed by atoms with Crippen molar-refractivity contribution in [2.45, 2.75) is 19.8 Å². The van der Waals surface area contributed by atoms with Gasteiger partial charge in [-0.05, 0) is 37.0 Å². The number of benzene rings is 1. The molecule has 1 atom stereocenters. The van der Waals surface area contributed by atoms with E-state index in [0.717, 1.165) is 34.7 Å². The zero-order valence-corrected chi connectivity index (χ0v) is 11.0. The lowest BCUT2D eigenvalue weighted by atomic mass is 9.99. The zero-order chi connectivity index (χ0) is 11.5. The van der Waals surface area contributed by atoms with Crippen LogP contribution in [0, 0.1) is 17.2 Å². The van der Waals surface area contributed by atoms with Crippen molar-refractivity contribution in [3.63, 3.8) is 0 Å². The summed E-state index contributed by atoms with van der Waals surface area (Å²) in [6.45, 7) is 4.41. The first-order valence-electron chi connectivity index (χ1n) is 5.65. The molecule has 1 saturated heterocycles.